The molecule has 0 saturated heterocycles. The van der Waals surface area contributed by atoms with E-state index < -0.39 is 0 Å². The number of rotatable bonds is 0. The van der Waals surface area contributed by atoms with Crippen LogP contribution in [0.3, 0.4) is 0 Å². The molecule has 0 fully saturated rings. The van der Waals surface area contributed by atoms with Crippen molar-refractivity contribution in [1.29, 1.82) is 0 Å². The van der Waals surface area contributed by atoms with Crippen molar-refractivity contribution in [3.63, 3.8) is 0 Å². The van der Waals surface area contributed by atoms with E-state index in [0.29, 0.717) is 0 Å². The van der Waals surface area contributed by atoms with Crippen molar-refractivity contribution >= 4 is 0 Å². The molecule has 0 amide bonds. The van der Waals surface area contributed by atoms with Gasteiger partial charge in [0, 0.05) is 25.2 Å². The summed E-state index contributed by atoms with van der Waals surface area (Å²) in [6.07, 6.45) is 6.79. The summed E-state index contributed by atoms with van der Waals surface area (Å²) in [4.78, 5) is 16.8. The number of aromatic nitrogens is 4. The van der Waals surface area contributed by atoms with Crippen LogP contribution in [0.25, 0.3) is 0 Å². The van der Waals surface area contributed by atoms with Crippen LogP contribution in [0.4, 0.5) is 0 Å². The molecule has 0 N–H and O–H groups in total. The van der Waals surface area contributed by atoms with Crippen LogP contribution >= 0.6 is 0 Å². The lowest BCUT2D eigenvalue weighted by Gasteiger charge is -2.08. The lowest BCUT2D eigenvalue weighted by Crippen LogP contribution is -2.07. The van der Waals surface area contributed by atoms with Gasteiger partial charge in [-0.3, -0.25) is 4.98 Å². The van der Waals surface area contributed by atoms with Gasteiger partial charge < -0.3 is 0 Å². The molecule has 14 heavy (non-hydrogen) atoms. The molecule has 0 aliphatic carbocycles. The molecule has 4 heteroatoms. The Labute approximate surface area is 81.1 Å². The van der Waals surface area contributed by atoms with Crippen molar-refractivity contribution in [3.05, 3.63) is 47.6 Å². The lowest BCUT2D eigenvalue weighted by atomic mass is 10.1. The molecule has 0 atom stereocenters. The predicted octanol–water partition coefficient (Wildman–Crippen LogP) is 0.762. The monoisotopic (exact) mass is 184 g/mol. The van der Waals surface area contributed by atoms with Gasteiger partial charge in [0.2, 0.25) is 0 Å². The number of nitrogens with zero attached hydrogens (tertiary/aromatic N) is 4. The van der Waals surface area contributed by atoms with Crippen molar-refractivity contribution < 1.29 is 0 Å². The Bertz CT molecular complexity index is 401. The van der Waals surface area contributed by atoms with Gasteiger partial charge in [0.15, 0.2) is 0 Å². The second kappa shape index (κ2) is 2.83. The van der Waals surface area contributed by atoms with Crippen molar-refractivity contribution in [2.24, 2.45) is 0 Å². The fraction of sp³-hybridized carbons (Fsp3) is 0.200. The van der Waals surface area contributed by atoms with E-state index in [-0.39, 0.29) is 0 Å². The Morgan fingerprint density at radius 3 is 2.21 bits per heavy atom. The van der Waals surface area contributed by atoms with E-state index in [1.54, 1.807) is 6.33 Å². The zero-order valence-electron chi connectivity index (χ0n) is 7.51. The van der Waals surface area contributed by atoms with Crippen LogP contribution in [0.2, 0.25) is 0 Å². The Hall–Kier alpha value is -1.84. The van der Waals surface area contributed by atoms with Gasteiger partial charge in [-0.1, -0.05) is 6.07 Å². The topological polar surface area (TPSA) is 51.6 Å². The second-order valence-electron chi connectivity index (χ2n) is 3.37. The average molecular weight is 184 g/mol. The normalized spacial score (nSPS) is 13.1. The van der Waals surface area contributed by atoms with Gasteiger partial charge >= 0.3 is 0 Å². The van der Waals surface area contributed by atoms with E-state index in [1.165, 1.54) is 11.1 Å². The minimum absolute atomic E-state index is 0.746. The quantitative estimate of drug-likeness (QED) is 0.517. The lowest BCUT2D eigenvalue weighted by molar-refractivity contribution is 0.829. The number of pyridine rings is 1. The van der Waals surface area contributed by atoms with E-state index in [9.17, 15) is 0 Å². The summed E-state index contributed by atoms with van der Waals surface area (Å²) >= 11 is 0. The molecule has 4 bridgehead atoms. The summed E-state index contributed by atoms with van der Waals surface area (Å²) in [6.45, 7) is 0. The molecule has 68 valence electrons. The third kappa shape index (κ3) is 1.25. The molecule has 1 aliphatic heterocycles. The fourth-order valence-corrected chi connectivity index (χ4v) is 1.64. The van der Waals surface area contributed by atoms with Crippen molar-refractivity contribution in [2.45, 2.75) is 12.8 Å². The molecule has 2 aromatic rings. The van der Waals surface area contributed by atoms with Crippen LogP contribution in [-0.2, 0) is 12.8 Å². The third-order valence-corrected chi connectivity index (χ3v) is 2.25. The summed E-state index contributed by atoms with van der Waals surface area (Å²) in [6, 6.07) is 2.14. The molecule has 2 aromatic heterocycles. The van der Waals surface area contributed by atoms with Gasteiger partial charge in [0.25, 0.3) is 0 Å². The average Bonchev–Trinajstić information content (AvgIpc) is 2.17. The van der Waals surface area contributed by atoms with E-state index in [0.717, 1.165) is 24.5 Å². The van der Waals surface area contributed by atoms with Crippen LogP contribution in [0.1, 0.15) is 22.8 Å². The van der Waals surface area contributed by atoms with E-state index in [1.807, 2.05) is 12.4 Å². The van der Waals surface area contributed by atoms with Gasteiger partial charge in [0.1, 0.15) is 18.0 Å². The molecule has 3 heterocycles. The van der Waals surface area contributed by atoms with Crippen LogP contribution in [0.5, 0.6) is 0 Å². The highest BCUT2D eigenvalue weighted by Crippen LogP contribution is 2.12. The first kappa shape index (κ1) is 7.55. The largest absolute Gasteiger partial charge is 0.264 e. The van der Waals surface area contributed by atoms with Crippen LogP contribution < -0.4 is 0 Å². The molecule has 3 rings (SSSR count). The van der Waals surface area contributed by atoms with Gasteiger partial charge in [-0.15, -0.1) is 0 Å². The van der Waals surface area contributed by atoms with Gasteiger partial charge in [-0.25, -0.2) is 15.0 Å². The van der Waals surface area contributed by atoms with Crippen molar-refractivity contribution in [3.8, 4) is 0 Å². The number of fused-ring (bicyclic) bond motifs is 4. The molecule has 0 aromatic carbocycles. The minimum atomic E-state index is 0.746. The fourth-order valence-electron chi connectivity index (χ4n) is 1.64. The Morgan fingerprint density at radius 2 is 1.57 bits per heavy atom. The summed E-state index contributed by atoms with van der Waals surface area (Å²) < 4.78 is 0. The zero-order valence-corrected chi connectivity index (χ0v) is 7.51. The minimum Gasteiger partial charge on any atom is -0.264 e. The second-order valence-corrected chi connectivity index (χ2v) is 3.37. The van der Waals surface area contributed by atoms with Crippen LogP contribution in [0.15, 0.2) is 24.8 Å². The SMILES string of the molecule is c1nc2nc(n1)Cc1cncc(c1)C2. The smallest absolute Gasteiger partial charge is 0.136 e. The van der Waals surface area contributed by atoms with Gasteiger partial charge in [-0.2, -0.15) is 0 Å². The Kier molecular flexibility index (Phi) is 1.53. The van der Waals surface area contributed by atoms with Gasteiger partial charge in [0.05, 0.1) is 0 Å². The van der Waals surface area contributed by atoms with Gasteiger partial charge in [-0.05, 0) is 11.1 Å². The maximum atomic E-state index is 4.35. The van der Waals surface area contributed by atoms with E-state index in [4.69, 9.17) is 0 Å². The standard InChI is InChI=1S/C10H8N4/c1-7-2-9-12-6-13-10(14-9)3-8(1)5-11-4-7/h1,4-6H,2-3H2. The molecule has 0 saturated carbocycles. The highest BCUT2D eigenvalue weighted by Gasteiger charge is 2.08. The Balaban J connectivity index is 2.17. The number of hydrogen-bond acceptors (Lipinski definition) is 4. The molecular weight excluding hydrogens is 176 g/mol. The maximum Gasteiger partial charge on any atom is 0.136 e. The summed E-state index contributed by atoms with van der Waals surface area (Å²) in [5.41, 5.74) is 2.33. The summed E-state index contributed by atoms with van der Waals surface area (Å²) in [7, 11) is 0. The first-order valence-corrected chi connectivity index (χ1v) is 4.50. The predicted molar refractivity (Wildman–Crippen MR) is 49.7 cm³/mol. The zero-order chi connectivity index (χ0) is 9.38. The molecular formula is C10H8N4. The van der Waals surface area contributed by atoms with Crippen molar-refractivity contribution in [1.82, 2.24) is 19.9 Å². The van der Waals surface area contributed by atoms with Crippen LogP contribution in [0, 0.1) is 0 Å². The van der Waals surface area contributed by atoms with Crippen LogP contribution in [-0.4, -0.2) is 19.9 Å². The molecule has 0 radical (unpaired) electrons. The van der Waals surface area contributed by atoms with Crippen molar-refractivity contribution in [2.75, 3.05) is 0 Å². The first-order chi connectivity index (χ1) is 6.90. The Morgan fingerprint density at radius 1 is 0.929 bits per heavy atom. The maximum absolute atomic E-state index is 4.35. The molecule has 0 unspecified atom stereocenters. The van der Waals surface area contributed by atoms with E-state index in [2.05, 4.69) is 26.0 Å². The highest BCUT2D eigenvalue weighted by atomic mass is 15.0. The number of hydrogen-bond donors (Lipinski definition) is 0. The first-order valence-electron chi connectivity index (χ1n) is 4.50. The molecule has 1 aliphatic rings. The summed E-state index contributed by atoms with van der Waals surface area (Å²) in [5.74, 6) is 1.65. The third-order valence-electron chi connectivity index (χ3n) is 2.25. The van der Waals surface area contributed by atoms with E-state index >= 15 is 0 Å². The summed E-state index contributed by atoms with van der Waals surface area (Å²) in [5, 5.41) is 0. The highest BCUT2D eigenvalue weighted by molar-refractivity contribution is 5.25. The molecule has 4 nitrogen and oxygen atoms in total. The molecule has 0 spiro atoms.